The van der Waals surface area contributed by atoms with Gasteiger partial charge in [-0.1, -0.05) is 0 Å². The van der Waals surface area contributed by atoms with Gasteiger partial charge in [0.05, 0.1) is 21.3 Å². The molecule has 3 aromatic rings. The third kappa shape index (κ3) is 2.93. The van der Waals surface area contributed by atoms with Crippen LogP contribution in [0.25, 0.3) is 10.2 Å². The minimum absolute atomic E-state index is 0.172. The average molecular weight is 331 g/mol. The summed E-state index contributed by atoms with van der Waals surface area (Å²) in [5, 5.41) is 0. The van der Waals surface area contributed by atoms with Crippen molar-refractivity contribution >= 4 is 44.6 Å². The van der Waals surface area contributed by atoms with Gasteiger partial charge in [0.15, 0.2) is 6.61 Å². The number of aryl methyl sites for hydroxylation is 2. The minimum atomic E-state index is -0.492. The molecule has 0 spiro atoms. The fourth-order valence-electron chi connectivity index (χ4n) is 2.18. The van der Waals surface area contributed by atoms with Gasteiger partial charge in [0, 0.05) is 15.3 Å². The van der Waals surface area contributed by atoms with E-state index in [0.29, 0.717) is 11.1 Å². The molecular formula is C16H13NO3S2. The highest BCUT2D eigenvalue weighted by molar-refractivity contribution is 7.16. The number of ketones is 1. The number of nitrogens with zero attached hydrogens (tertiary/aromatic N) is 1. The van der Waals surface area contributed by atoms with Crippen LogP contribution in [0.3, 0.4) is 0 Å². The second kappa shape index (κ2) is 5.98. The van der Waals surface area contributed by atoms with Crippen LogP contribution in [0.4, 0.5) is 0 Å². The normalized spacial score (nSPS) is 10.8. The number of aromatic nitrogens is 1. The van der Waals surface area contributed by atoms with E-state index in [0.717, 1.165) is 20.0 Å². The maximum Gasteiger partial charge on any atom is 0.338 e. The van der Waals surface area contributed by atoms with Gasteiger partial charge >= 0.3 is 5.97 Å². The third-order valence-electron chi connectivity index (χ3n) is 3.24. The summed E-state index contributed by atoms with van der Waals surface area (Å²) in [5.41, 5.74) is 3.64. The molecule has 0 aliphatic heterocycles. The fraction of sp³-hybridized carbons (Fsp3) is 0.188. The number of ether oxygens (including phenoxy) is 1. The van der Waals surface area contributed by atoms with Gasteiger partial charge in [0.25, 0.3) is 0 Å². The first kappa shape index (κ1) is 14.9. The summed E-state index contributed by atoms with van der Waals surface area (Å²) in [7, 11) is 0. The zero-order chi connectivity index (χ0) is 15.7. The molecule has 2 heterocycles. The first-order valence-corrected chi connectivity index (χ1v) is 8.35. The van der Waals surface area contributed by atoms with E-state index in [1.165, 1.54) is 11.3 Å². The highest BCUT2D eigenvalue weighted by Crippen LogP contribution is 2.22. The van der Waals surface area contributed by atoms with Crippen LogP contribution < -0.4 is 0 Å². The van der Waals surface area contributed by atoms with E-state index in [4.69, 9.17) is 4.74 Å². The predicted molar refractivity (Wildman–Crippen MR) is 88.0 cm³/mol. The van der Waals surface area contributed by atoms with Gasteiger partial charge < -0.3 is 4.74 Å². The van der Waals surface area contributed by atoms with Crippen molar-refractivity contribution in [2.75, 3.05) is 6.61 Å². The lowest BCUT2D eigenvalue weighted by atomic mass is 10.1. The SMILES string of the molecule is Cc1cc(C(=O)COC(=O)c2ccc3ncsc3c2)c(C)s1. The Morgan fingerprint density at radius 2 is 2.05 bits per heavy atom. The smallest absolute Gasteiger partial charge is 0.338 e. The number of thiazole rings is 1. The lowest BCUT2D eigenvalue weighted by molar-refractivity contribution is 0.0475. The summed E-state index contributed by atoms with van der Waals surface area (Å²) in [6.07, 6.45) is 0. The standard InChI is InChI=1S/C16H13NO3S2/c1-9-5-12(10(2)22-9)14(18)7-20-16(19)11-3-4-13-15(6-11)21-8-17-13/h3-6,8H,7H2,1-2H3. The number of esters is 1. The van der Waals surface area contributed by atoms with Gasteiger partial charge in [-0.3, -0.25) is 4.79 Å². The molecule has 22 heavy (non-hydrogen) atoms. The number of rotatable bonds is 4. The molecule has 0 atom stereocenters. The zero-order valence-electron chi connectivity index (χ0n) is 12.1. The molecule has 2 aromatic heterocycles. The van der Waals surface area contributed by atoms with Crippen molar-refractivity contribution in [1.29, 1.82) is 0 Å². The summed E-state index contributed by atoms with van der Waals surface area (Å²) in [4.78, 5) is 30.3. The number of hydrogen-bond acceptors (Lipinski definition) is 6. The topological polar surface area (TPSA) is 56.3 Å². The molecule has 112 valence electrons. The van der Waals surface area contributed by atoms with E-state index in [1.807, 2.05) is 19.9 Å². The lowest BCUT2D eigenvalue weighted by Crippen LogP contribution is -2.14. The van der Waals surface area contributed by atoms with E-state index in [2.05, 4.69) is 4.98 Å². The number of fused-ring (bicyclic) bond motifs is 1. The summed E-state index contributed by atoms with van der Waals surface area (Å²) < 4.78 is 6.06. The number of benzene rings is 1. The Kier molecular flexibility index (Phi) is 4.04. The molecule has 0 radical (unpaired) electrons. The van der Waals surface area contributed by atoms with Crippen molar-refractivity contribution < 1.29 is 14.3 Å². The molecule has 0 bridgehead atoms. The molecule has 0 saturated carbocycles. The second-order valence-electron chi connectivity index (χ2n) is 4.86. The predicted octanol–water partition coefficient (Wildman–Crippen LogP) is 4.01. The monoisotopic (exact) mass is 331 g/mol. The maximum atomic E-state index is 12.1. The molecule has 0 fully saturated rings. The van der Waals surface area contributed by atoms with E-state index >= 15 is 0 Å². The van der Waals surface area contributed by atoms with Gasteiger partial charge in [-0.05, 0) is 38.1 Å². The first-order valence-electron chi connectivity index (χ1n) is 6.65. The minimum Gasteiger partial charge on any atom is -0.454 e. The van der Waals surface area contributed by atoms with Crippen molar-refractivity contribution in [3.8, 4) is 0 Å². The Morgan fingerprint density at radius 1 is 1.23 bits per heavy atom. The number of hydrogen-bond donors (Lipinski definition) is 0. The molecule has 0 N–H and O–H groups in total. The van der Waals surface area contributed by atoms with Crippen molar-refractivity contribution in [3.63, 3.8) is 0 Å². The van der Waals surface area contributed by atoms with E-state index < -0.39 is 5.97 Å². The van der Waals surface area contributed by atoms with E-state index in [-0.39, 0.29) is 12.4 Å². The van der Waals surface area contributed by atoms with Crippen molar-refractivity contribution in [2.24, 2.45) is 0 Å². The summed E-state index contributed by atoms with van der Waals surface area (Å²) in [6.45, 7) is 3.60. The van der Waals surface area contributed by atoms with Crippen LogP contribution in [0.2, 0.25) is 0 Å². The Labute approximate surface area is 135 Å². The Morgan fingerprint density at radius 3 is 2.77 bits per heavy atom. The van der Waals surface area contributed by atoms with Gasteiger partial charge in [-0.25, -0.2) is 9.78 Å². The Hall–Kier alpha value is -2.05. The number of carbonyl (C=O) groups excluding carboxylic acids is 2. The van der Waals surface area contributed by atoms with Crippen LogP contribution in [-0.4, -0.2) is 23.3 Å². The van der Waals surface area contributed by atoms with Crippen LogP contribution in [-0.2, 0) is 4.74 Å². The van der Waals surface area contributed by atoms with Crippen LogP contribution >= 0.6 is 22.7 Å². The lowest BCUT2D eigenvalue weighted by Gasteiger charge is -2.04. The molecule has 0 aliphatic carbocycles. The number of carbonyl (C=O) groups is 2. The van der Waals surface area contributed by atoms with Crippen LogP contribution in [0.15, 0.2) is 29.8 Å². The van der Waals surface area contributed by atoms with Crippen molar-refractivity contribution in [2.45, 2.75) is 13.8 Å². The third-order valence-corrected chi connectivity index (χ3v) is 5.00. The molecule has 0 aliphatic rings. The molecule has 0 unspecified atom stereocenters. The Balaban J connectivity index is 1.69. The molecule has 1 aromatic carbocycles. The highest BCUT2D eigenvalue weighted by atomic mass is 32.1. The first-order chi connectivity index (χ1) is 10.5. The fourth-order valence-corrected chi connectivity index (χ4v) is 3.84. The van der Waals surface area contributed by atoms with Crippen LogP contribution in [0.1, 0.15) is 30.5 Å². The summed E-state index contributed by atoms with van der Waals surface area (Å²) in [6, 6.07) is 7.00. The van der Waals surface area contributed by atoms with Gasteiger partial charge in [-0.2, -0.15) is 0 Å². The molecule has 3 rings (SSSR count). The van der Waals surface area contributed by atoms with Crippen molar-refractivity contribution in [3.05, 3.63) is 50.7 Å². The van der Waals surface area contributed by atoms with Gasteiger partial charge in [-0.15, -0.1) is 22.7 Å². The van der Waals surface area contributed by atoms with Crippen molar-refractivity contribution in [1.82, 2.24) is 4.98 Å². The molecule has 4 nitrogen and oxygen atoms in total. The van der Waals surface area contributed by atoms with Gasteiger partial charge in [0.2, 0.25) is 5.78 Å². The van der Waals surface area contributed by atoms with Crippen LogP contribution in [0.5, 0.6) is 0 Å². The highest BCUT2D eigenvalue weighted by Gasteiger charge is 2.15. The van der Waals surface area contributed by atoms with Gasteiger partial charge in [0.1, 0.15) is 0 Å². The summed E-state index contributed by atoms with van der Waals surface area (Å²) in [5.74, 6) is -0.665. The molecule has 0 amide bonds. The average Bonchev–Trinajstić information content (AvgIpc) is 3.09. The molecular weight excluding hydrogens is 318 g/mol. The largest absolute Gasteiger partial charge is 0.454 e. The maximum absolute atomic E-state index is 12.1. The van der Waals surface area contributed by atoms with E-state index in [9.17, 15) is 9.59 Å². The quantitative estimate of drug-likeness (QED) is 0.535. The molecule has 6 heteroatoms. The molecule has 0 saturated heterocycles. The summed E-state index contributed by atoms with van der Waals surface area (Å²) >= 11 is 3.02. The Bertz CT molecular complexity index is 863. The zero-order valence-corrected chi connectivity index (χ0v) is 13.7. The van der Waals surface area contributed by atoms with E-state index in [1.54, 1.807) is 35.0 Å². The second-order valence-corrected chi connectivity index (χ2v) is 7.21. The number of Topliss-reactive ketones (excluding diaryl/α,β-unsaturated/α-hetero) is 1. The van der Waals surface area contributed by atoms with Crippen LogP contribution in [0, 0.1) is 13.8 Å². The number of thiophene rings is 1.